The SMILES string of the molecule is CC1(C)CNCCN1Cc1cc(Br)ccc1Cl. The number of nitrogens with zero attached hydrogens (tertiary/aromatic N) is 1. The van der Waals surface area contributed by atoms with Crippen LogP contribution in [0.4, 0.5) is 0 Å². The van der Waals surface area contributed by atoms with Crippen LogP contribution < -0.4 is 5.32 Å². The van der Waals surface area contributed by atoms with Crippen LogP contribution in [0, 0.1) is 0 Å². The van der Waals surface area contributed by atoms with Gasteiger partial charge in [0.05, 0.1) is 0 Å². The van der Waals surface area contributed by atoms with Crippen molar-refractivity contribution in [3.8, 4) is 0 Å². The van der Waals surface area contributed by atoms with Crippen LogP contribution in [-0.4, -0.2) is 30.1 Å². The maximum atomic E-state index is 6.25. The van der Waals surface area contributed by atoms with Crippen molar-refractivity contribution in [1.29, 1.82) is 0 Å². The van der Waals surface area contributed by atoms with Gasteiger partial charge in [-0.2, -0.15) is 0 Å². The third kappa shape index (κ3) is 3.22. The molecule has 0 spiro atoms. The molecule has 1 fully saturated rings. The van der Waals surface area contributed by atoms with E-state index in [1.807, 2.05) is 12.1 Å². The van der Waals surface area contributed by atoms with Gasteiger partial charge >= 0.3 is 0 Å². The lowest BCUT2D eigenvalue weighted by atomic mass is 9.99. The number of benzene rings is 1. The van der Waals surface area contributed by atoms with Crippen LogP contribution in [0.3, 0.4) is 0 Å². The summed E-state index contributed by atoms with van der Waals surface area (Å²) in [6, 6.07) is 6.05. The zero-order valence-electron chi connectivity index (χ0n) is 10.3. The van der Waals surface area contributed by atoms with Crippen molar-refractivity contribution in [2.45, 2.75) is 25.9 Å². The molecule has 1 saturated heterocycles. The van der Waals surface area contributed by atoms with Crippen molar-refractivity contribution in [3.63, 3.8) is 0 Å². The van der Waals surface area contributed by atoms with Crippen molar-refractivity contribution < 1.29 is 0 Å². The first-order valence-electron chi connectivity index (χ1n) is 5.89. The molecule has 0 atom stereocenters. The van der Waals surface area contributed by atoms with Crippen LogP contribution in [0.5, 0.6) is 0 Å². The van der Waals surface area contributed by atoms with E-state index in [0.29, 0.717) is 0 Å². The first kappa shape index (κ1) is 13.3. The summed E-state index contributed by atoms with van der Waals surface area (Å²) >= 11 is 9.75. The highest BCUT2D eigenvalue weighted by atomic mass is 79.9. The summed E-state index contributed by atoms with van der Waals surface area (Å²) in [5.74, 6) is 0. The van der Waals surface area contributed by atoms with Gasteiger partial charge in [0.25, 0.3) is 0 Å². The number of halogens is 2. The lowest BCUT2D eigenvalue weighted by Crippen LogP contribution is -2.57. The van der Waals surface area contributed by atoms with Gasteiger partial charge in [-0.15, -0.1) is 0 Å². The van der Waals surface area contributed by atoms with Crippen molar-refractivity contribution in [2.24, 2.45) is 0 Å². The van der Waals surface area contributed by atoms with Crippen LogP contribution in [0.25, 0.3) is 0 Å². The molecule has 0 bridgehead atoms. The molecular formula is C13H18BrClN2. The van der Waals surface area contributed by atoms with E-state index in [4.69, 9.17) is 11.6 Å². The van der Waals surface area contributed by atoms with Gasteiger partial charge in [-0.1, -0.05) is 27.5 Å². The van der Waals surface area contributed by atoms with Crippen LogP contribution >= 0.6 is 27.5 Å². The van der Waals surface area contributed by atoms with Gasteiger partial charge in [0.1, 0.15) is 0 Å². The molecule has 17 heavy (non-hydrogen) atoms. The minimum absolute atomic E-state index is 0.184. The van der Waals surface area contributed by atoms with E-state index in [0.717, 1.165) is 35.7 Å². The van der Waals surface area contributed by atoms with E-state index < -0.39 is 0 Å². The summed E-state index contributed by atoms with van der Waals surface area (Å²) in [6.07, 6.45) is 0. The number of rotatable bonds is 2. The molecule has 1 aliphatic heterocycles. The molecule has 94 valence electrons. The molecule has 1 aromatic carbocycles. The third-order valence-electron chi connectivity index (χ3n) is 3.34. The van der Waals surface area contributed by atoms with Gasteiger partial charge in [0, 0.05) is 41.2 Å². The second-order valence-electron chi connectivity index (χ2n) is 5.15. The predicted octanol–water partition coefficient (Wildman–Crippen LogP) is 3.29. The van der Waals surface area contributed by atoms with Crippen molar-refractivity contribution in [2.75, 3.05) is 19.6 Å². The summed E-state index contributed by atoms with van der Waals surface area (Å²) in [4.78, 5) is 2.48. The second-order valence-corrected chi connectivity index (χ2v) is 6.47. The summed E-state index contributed by atoms with van der Waals surface area (Å²) in [6.45, 7) is 8.59. The van der Waals surface area contributed by atoms with Gasteiger partial charge < -0.3 is 5.32 Å². The fraction of sp³-hybridized carbons (Fsp3) is 0.538. The molecule has 0 unspecified atom stereocenters. The van der Waals surface area contributed by atoms with E-state index in [9.17, 15) is 0 Å². The monoisotopic (exact) mass is 316 g/mol. The molecule has 0 aromatic heterocycles. The van der Waals surface area contributed by atoms with E-state index in [2.05, 4.69) is 46.1 Å². The Balaban J connectivity index is 2.16. The average molecular weight is 318 g/mol. The minimum atomic E-state index is 0.184. The number of nitrogens with one attached hydrogen (secondary N) is 1. The molecule has 0 radical (unpaired) electrons. The fourth-order valence-corrected chi connectivity index (χ4v) is 2.77. The second kappa shape index (κ2) is 5.27. The van der Waals surface area contributed by atoms with Crippen LogP contribution in [0.2, 0.25) is 5.02 Å². The average Bonchev–Trinajstić information content (AvgIpc) is 2.26. The molecule has 4 heteroatoms. The summed E-state index contributed by atoms with van der Waals surface area (Å²) in [5, 5.41) is 4.28. The maximum Gasteiger partial charge on any atom is 0.0451 e. The van der Waals surface area contributed by atoms with Crippen LogP contribution in [0.1, 0.15) is 19.4 Å². The summed E-state index contributed by atoms with van der Waals surface area (Å²) in [5.41, 5.74) is 1.38. The molecule has 0 amide bonds. The van der Waals surface area contributed by atoms with E-state index in [1.165, 1.54) is 5.56 Å². The third-order valence-corrected chi connectivity index (χ3v) is 4.20. The smallest absolute Gasteiger partial charge is 0.0451 e. The maximum absolute atomic E-state index is 6.25. The highest BCUT2D eigenvalue weighted by molar-refractivity contribution is 9.10. The summed E-state index contributed by atoms with van der Waals surface area (Å²) in [7, 11) is 0. The normalized spacial score (nSPS) is 20.5. The molecular weight excluding hydrogens is 300 g/mol. The molecule has 1 N–H and O–H groups in total. The van der Waals surface area contributed by atoms with Gasteiger partial charge in [0.15, 0.2) is 0 Å². The molecule has 1 aromatic rings. The highest BCUT2D eigenvalue weighted by Gasteiger charge is 2.29. The minimum Gasteiger partial charge on any atom is -0.314 e. The quantitative estimate of drug-likeness (QED) is 0.900. The van der Waals surface area contributed by atoms with Gasteiger partial charge in [0.2, 0.25) is 0 Å². The molecule has 0 aliphatic carbocycles. The lowest BCUT2D eigenvalue weighted by Gasteiger charge is -2.43. The van der Waals surface area contributed by atoms with Crippen molar-refractivity contribution >= 4 is 27.5 Å². The Kier molecular flexibility index (Phi) is 4.14. The van der Waals surface area contributed by atoms with Crippen molar-refractivity contribution in [3.05, 3.63) is 33.3 Å². The van der Waals surface area contributed by atoms with Gasteiger partial charge in [-0.25, -0.2) is 0 Å². The first-order chi connectivity index (χ1) is 7.99. The Morgan fingerprint density at radius 2 is 2.24 bits per heavy atom. The lowest BCUT2D eigenvalue weighted by molar-refractivity contribution is 0.0828. The predicted molar refractivity (Wildman–Crippen MR) is 76.5 cm³/mol. The molecule has 1 heterocycles. The largest absolute Gasteiger partial charge is 0.314 e. The van der Waals surface area contributed by atoms with E-state index >= 15 is 0 Å². The highest BCUT2D eigenvalue weighted by Crippen LogP contribution is 2.26. The number of piperazine rings is 1. The first-order valence-corrected chi connectivity index (χ1v) is 7.06. The molecule has 0 saturated carbocycles. The zero-order valence-corrected chi connectivity index (χ0v) is 12.6. The molecule has 2 nitrogen and oxygen atoms in total. The van der Waals surface area contributed by atoms with Crippen molar-refractivity contribution in [1.82, 2.24) is 10.2 Å². The zero-order chi connectivity index (χ0) is 12.5. The summed E-state index contributed by atoms with van der Waals surface area (Å²) < 4.78 is 1.09. The van der Waals surface area contributed by atoms with Gasteiger partial charge in [-0.05, 0) is 37.6 Å². The standard InChI is InChI=1S/C13H18BrClN2/c1-13(2)9-16-5-6-17(13)8-10-7-11(14)3-4-12(10)15/h3-4,7,16H,5-6,8-9H2,1-2H3. The Labute approximate surface area is 116 Å². The molecule has 1 aliphatic rings. The molecule has 2 rings (SSSR count). The van der Waals surface area contributed by atoms with E-state index in [1.54, 1.807) is 0 Å². The van der Waals surface area contributed by atoms with E-state index in [-0.39, 0.29) is 5.54 Å². The topological polar surface area (TPSA) is 15.3 Å². The Morgan fingerprint density at radius 3 is 2.94 bits per heavy atom. The Hall–Kier alpha value is -0.0900. The van der Waals surface area contributed by atoms with Crippen LogP contribution in [0.15, 0.2) is 22.7 Å². The number of hydrogen-bond donors (Lipinski definition) is 1. The van der Waals surface area contributed by atoms with Crippen LogP contribution in [-0.2, 0) is 6.54 Å². The fourth-order valence-electron chi connectivity index (χ4n) is 2.19. The Bertz CT molecular complexity index is 406. The number of hydrogen-bond acceptors (Lipinski definition) is 2. The Morgan fingerprint density at radius 1 is 1.47 bits per heavy atom. The van der Waals surface area contributed by atoms with Gasteiger partial charge in [-0.3, -0.25) is 4.90 Å².